The molecule has 3 heterocycles. The van der Waals surface area contributed by atoms with E-state index in [1.165, 1.54) is 6.20 Å². The Balaban J connectivity index is 1.66. The zero-order chi connectivity index (χ0) is 25.7. The van der Waals surface area contributed by atoms with Crippen molar-refractivity contribution in [1.29, 1.82) is 0 Å². The molecule has 9 nitrogen and oxygen atoms in total. The van der Waals surface area contributed by atoms with Crippen LogP contribution in [0.4, 0.5) is 17.3 Å². The minimum absolute atomic E-state index is 0.000240. The highest BCUT2D eigenvalue weighted by Gasteiger charge is 2.17. The Morgan fingerprint density at radius 3 is 2.61 bits per heavy atom. The molecule has 3 aromatic rings. The average molecular weight is 491 g/mol. The Bertz CT molecular complexity index is 1210. The van der Waals surface area contributed by atoms with Crippen LogP contribution in [-0.2, 0) is 4.74 Å². The van der Waals surface area contributed by atoms with Crippen molar-refractivity contribution in [2.75, 3.05) is 48.4 Å². The zero-order valence-electron chi connectivity index (χ0n) is 21.3. The molecule has 0 bridgehead atoms. The van der Waals surface area contributed by atoms with Crippen LogP contribution in [0.25, 0.3) is 11.1 Å². The van der Waals surface area contributed by atoms with Crippen molar-refractivity contribution in [2.24, 2.45) is 0 Å². The predicted molar refractivity (Wildman–Crippen MR) is 142 cm³/mol. The number of anilines is 3. The van der Waals surface area contributed by atoms with Crippen LogP contribution in [0.1, 0.15) is 48.4 Å². The van der Waals surface area contributed by atoms with Gasteiger partial charge in [-0.3, -0.25) is 9.78 Å². The van der Waals surface area contributed by atoms with E-state index in [-0.39, 0.29) is 30.2 Å². The summed E-state index contributed by atoms with van der Waals surface area (Å²) in [7, 11) is 0. The Kier molecular flexibility index (Phi) is 8.12. The van der Waals surface area contributed by atoms with Gasteiger partial charge in [0.15, 0.2) is 0 Å². The van der Waals surface area contributed by atoms with Crippen LogP contribution in [-0.4, -0.2) is 64.9 Å². The summed E-state index contributed by atoms with van der Waals surface area (Å²) in [5, 5.41) is 15.8. The van der Waals surface area contributed by atoms with Gasteiger partial charge in [-0.15, -0.1) is 0 Å². The third-order valence-corrected chi connectivity index (χ3v) is 6.10. The minimum Gasteiger partial charge on any atom is -0.394 e. The Labute approximate surface area is 212 Å². The number of ether oxygens (including phenoxy) is 1. The van der Waals surface area contributed by atoms with Gasteiger partial charge in [-0.05, 0) is 60.7 Å². The number of carbonyl (C=O) groups is 1. The van der Waals surface area contributed by atoms with Crippen molar-refractivity contribution in [3.63, 3.8) is 0 Å². The third kappa shape index (κ3) is 6.16. The number of carbonyl (C=O) groups excluding carboxylic acids is 1. The highest BCUT2D eigenvalue weighted by molar-refractivity contribution is 6.03. The standard InChI is InChI=1S/C27H34N6O3/c1-17(2)23-14-28-15-24(31-23)27(35)30-21-6-5-18(3)22(13-21)20-11-25(29-19(4)16-34)32-26(12-20)33-7-9-36-10-8-33/h5-6,11-15,17,19,34H,7-10,16H2,1-4H3,(H,29,32)(H,30,35). The molecule has 1 aromatic carbocycles. The van der Waals surface area contributed by atoms with Gasteiger partial charge in [0.05, 0.1) is 31.7 Å². The monoisotopic (exact) mass is 490 g/mol. The smallest absolute Gasteiger partial charge is 0.275 e. The number of aromatic nitrogens is 3. The number of hydrogen-bond acceptors (Lipinski definition) is 8. The molecular weight excluding hydrogens is 456 g/mol. The molecule has 1 unspecified atom stereocenters. The molecule has 4 rings (SSSR count). The second kappa shape index (κ2) is 11.5. The van der Waals surface area contributed by atoms with Gasteiger partial charge in [0, 0.05) is 31.0 Å². The van der Waals surface area contributed by atoms with E-state index < -0.39 is 0 Å². The average Bonchev–Trinajstić information content (AvgIpc) is 2.90. The second-order valence-electron chi connectivity index (χ2n) is 9.39. The molecule has 0 spiro atoms. The predicted octanol–water partition coefficient (Wildman–Crippen LogP) is 3.85. The summed E-state index contributed by atoms with van der Waals surface area (Å²) in [6, 6.07) is 9.73. The summed E-state index contributed by atoms with van der Waals surface area (Å²) in [6.07, 6.45) is 3.16. The number of aryl methyl sites for hydroxylation is 1. The summed E-state index contributed by atoms with van der Waals surface area (Å²) in [4.78, 5) is 28.5. The van der Waals surface area contributed by atoms with E-state index in [1.807, 2.05) is 52.0 Å². The lowest BCUT2D eigenvalue weighted by atomic mass is 10.00. The zero-order valence-corrected chi connectivity index (χ0v) is 21.3. The van der Waals surface area contributed by atoms with E-state index in [9.17, 15) is 9.90 Å². The topological polar surface area (TPSA) is 112 Å². The molecule has 0 saturated carbocycles. The lowest BCUT2D eigenvalue weighted by molar-refractivity contribution is 0.102. The number of nitrogens with zero attached hydrogens (tertiary/aromatic N) is 4. The molecule has 1 aliphatic heterocycles. The quantitative estimate of drug-likeness (QED) is 0.437. The Morgan fingerprint density at radius 1 is 1.11 bits per heavy atom. The van der Waals surface area contributed by atoms with Crippen molar-refractivity contribution < 1.29 is 14.6 Å². The van der Waals surface area contributed by atoms with Crippen LogP contribution >= 0.6 is 0 Å². The van der Waals surface area contributed by atoms with E-state index in [0.717, 1.165) is 41.3 Å². The van der Waals surface area contributed by atoms with E-state index in [0.29, 0.717) is 24.7 Å². The SMILES string of the molecule is Cc1ccc(NC(=O)c2cncc(C(C)C)n2)cc1-c1cc(NC(C)CO)nc(N2CCOCC2)c1. The Morgan fingerprint density at radius 2 is 1.89 bits per heavy atom. The molecule has 1 atom stereocenters. The van der Waals surface area contributed by atoms with Gasteiger partial charge in [0.25, 0.3) is 5.91 Å². The second-order valence-corrected chi connectivity index (χ2v) is 9.39. The fourth-order valence-electron chi connectivity index (χ4n) is 3.97. The lowest BCUT2D eigenvalue weighted by Gasteiger charge is -2.29. The summed E-state index contributed by atoms with van der Waals surface area (Å²) in [5.41, 5.74) is 4.74. The van der Waals surface area contributed by atoms with E-state index in [2.05, 4.69) is 31.6 Å². The van der Waals surface area contributed by atoms with Crippen LogP contribution in [0.3, 0.4) is 0 Å². The van der Waals surface area contributed by atoms with Crippen molar-refractivity contribution in [1.82, 2.24) is 15.0 Å². The molecule has 1 aliphatic rings. The Hall–Kier alpha value is -3.56. The molecule has 190 valence electrons. The van der Waals surface area contributed by atoms with Crippen LogP contribution < -0.4 is 15.5 Å². The maximum atomic E-state index is 12.9. The van der Waals surface area contributed by atoms with Crippen LogP contribution in [0.5, 0.6) is 0 Å². The molecule has 1 saturated heterocycles. The van der Waals surface area contributed by atoms with Crippen molar-refractivity contribution in [3.8, 4) is 11.1 Å². The third-order valence-electron chi connectivity index (χ3n) is 6.10. The number of hydrogen-bond donors (Lipinski definition) is 3. The summed E-state index contributed by atoms with van der Waals surface area (Å²) in [6.45, 7) is 10.8. The van der Waals surface area contributed by atoms with Gasteiger partial charge >= 0.3 is 0 Å². The number of rotatable bonds is 8. The normalized spacial score (nSPS) is 14.6. The van der Waals surface area contributed by atoms with Crippen molar-refractivity contribution >= 4 is 23.2 Å². The summed E-state index contributed by atoms with van der Waals surface area (Å²) >= 11 is 0. The van der Waals surface area contributed by atoms with E-state index in [4.69, 9.17) is 9.72 Å². The summed E-state index contributed by atoms with van der Waals surface area (Å²) < 4.78 is 5.51. The molecule has 3 N–H and O–H groups in total. The van der Waals surface area contributed by atoms with Gasteiger partial charge in [0.2, 0.25) is 0 Å². The fraction of sp³-hybridized carbons (Fsp3) is 0.407. The molecule has 2 aromatic heterocycles. The molecule has 0 radical (unpaired) electrons. The van der Waals surface area contributed by atoms with E-state index in [1.54, 1.807) is 6.20 Å². The van der Waals surface area contributed by atoms with Crippen LogP contribution in [0.2, 0.25) is 0 Å². The maximum absolute atomic E-state index is 12.9. The maximum Gasteiger partial charge on any atom is 0.275 e. The first-order valence-electron chi connectivity index (χ1n) is 12.3. The highest BCUT2D eigenvalue weighted by Crippen LogP contribution is 2.31. The molecule has 9 heteroatoms. The summed E-state index contributed by atoms with van der Waals surface area (Å²) in [5.74, 6) is 1.41. The molecule has 1 fully saturated rings. The van der Waals surface area contributed by atoms with Gasteiger partial charge in [-0.1, -0.05) is 19.9 Å². The number of morpholine rings is 1. The molecule has 1 amide bonds. The van der Waals surface area contributed by atoms with Crippen LogP contribution in [0.15, 0.2) is 42.7 Å². The van der Waals surface area contributed by atoms with Gasteiger partial charge in [0.1, 0.15) is 17.3 Å². The number of amides is 1. The largest absolute Gasteiger partial charge is 0.394 e. The van der Waals surface area contributed by atoms with E-state index >= 15 is 0 Å². The van der Waals surface area contributed by atoms with Gasteiger partial charge < -0.3 is 25.4 Å². The number of pyridine rings is 1. The number of nitrogens with one attached hydrogen (secondary N) is 2. The highest BCUT2D eigenvalue weighted by atomic mass is 16.5. The lowest BCUT2D eigenvalue weighted by Crippen LogP contribution is -2.37. The first-order chi connectivity index (χ1) is 17.3. The van der Waals surface area contributed by atoms with Crippen molar-refractivity contribution in [3.05, 3.63) is 59.7 Å². The minimum atomic E-state index is -0.303. The van der Waals surface area contributed by atoms with Crippen molar-refractivity contribution in [2.45, 2.75) is 39.7 Å². The molecular formula is C27H34N6O3. The van der Waals surface area contributed by atoms with Gasteiger partial charge in [-0.25, -0.2) is 9.97 Å². The van der Waals surface area contributed by atoms with Crippen LogP contribution in [0, 0.1) is 6.92 Å². The van der Waals surface area contributed by atoms with Gasteiger partial charge in [-0.2, -0.15) is 0 Å². The first kappa shape index (κ1) is 25.5. The first-order valence-corrected chi connectivity index (χ1v) is 12.3. The number of aliphatic hydroxyl groups is 1. The number of aliphatic hydroxyl groups excluding tert-OH is 1. The fourth-order valence-corrected chi connectivity index (χ4v) is 3.97. The molecule has 0 aliphatic carbocycles. The molecule has 36 heavy (non-hydrogen) atoms. The number of benzene rings is 1.